The number of hydrogen-bond acceptors (Lipinski definition) is 4. The number of phenols is 1. The van der Waals surface area contributed by atoms with Crippen LogP contribution < -0.4 is 10.1 Å². The number of phenolic OH excluding ortho intramolecular Hbond substituents is 1. The molecule has 1 aromatic carbocycles. The molecule has 1 unspecified atom stereocenters. The Labute approximate surface area is 115 Å². The van der Waals surface area contributed by atoms with Gasteiger partial charge in [-0.1, -0.05) is 6.92 Å². The smallest absolute Gasteiger partial charge is 0.164 e. The molecule has 1 aliphatic heterocycles. The second-order valence-corrected chi connectivity index (χ2v) is 5.02. The number of methoxy groups -OCH3 is 1. The Morgan fingerprint density at radius 3 is 2.94 bits per heavy atom. The first-order chi connectivity index (χ1) is 8.69. The lowest BCUT2D eigenvalue weighted by molar-refractivity contribution is 0.0256. The Kier molecular flexibility index (Phi) is 4.48. The maximum Gasteiger partial charge on any atom is 0.164 e. The summed E-state index contributed by atoms with van der Waals surface area (Å²) >= 11 is 3.57. The molecule has 2 N–H and O–H groups in total. The molecule has 0 aromatic heterocycles. The molecule has 100 valence electrons. The molecule has 4 nitrogen and oxygen atoms in total. The fraction of sp³-hybridized carbons (Fsp3) is 0.538. The molecule has 1 atom stereocenters. The maximum atomic E-state index is 10.3. The van der Waals surface area contributed by atoms with Gasteiger partial charge >= 0.3 is 0 Å². The largest absolute Gasteiger partial charge is 0.504 e. The zero-order valence-electron chi connectivity index (χ0n) is 10.6. The maximum absolute atomic E-state index is 10.3. The van der Waals surface area contributed by atoms with E-state index in [1.165, 1.54) is 0 Å². The van der Waals surface area contributed by atoms with E-state index in [0.29, 0.717) is 18.9 Å². The van der Waals surface area contributed by atoms with Crippen LogP contribution in [0, 0.1) is 0 Å². The molecule has 0 spiro atoms. The second kappa shape index (κ2) is 5.91. The Morgan fingerprint density at radius 1 is 1.61 bits per heavy atom. The van der Waals surface area contributed by atoms with Crippen molar-refractivity contribution < 1.29 is 14.6 Å². The van der Waals surface area contributed by atoms with Gasteiger partial charge < -0.3 is 19.9 Å². The van der Waals surface area contributed by atoms with E-state index >= 15 is 0 Å². The predicted octanol–water partition coefficient (Wildman–Crippen LogP) is 2.39. The van der Waals surface area contributed by atoms with Gasteiger partial charge in [0.2, 0.25) is 0 Å². The highest BCUT2D eigenvalue weighted by Crippen LogP contribution is 2.42. The summed E-state index contributed by atoms with van der Waals surface area (Å²) in [7, 11) is 1.56. The van der Waals surface area contributed by atoms with Crippen LogP contribution in [0.1, 0.15) is 24.2 Å². The van der Waals surface area contributed by atoms with Crippen molar-refractivity contribution in [3.8, 4) is 11.5 Å². The van der Waals surface area contributed by atoms with Gasteiger partial charge in [-0.15, -0.1) is 0 Å². The summed E-state index contributed by atoms with van der Waals surface area (Å²) < 4.78 is 11.9. The van der Waals surface area contributed by atoms with E-state index in [1.54, 1.807) is 7.11 Å². The molecule has 0 aliphatic carbocycles. The fourth-order valence-corrected chi connectivity index (χ4v) is 3.00. The molecule has 5 heteroatoms. The van der Waals surface area contributed by atoms with Crippen LogP contribution in [0.3, 0.4) is 0 Å². The number of hydrogen-bond donors (Lipinski definition) is 2. The van der Waals surface area contributed by atoms with E-state index in [0.717, 1.165) is 28.6 Å². The first kappa shape index (κ1) is 13.6. The molecule has 0 saturated carbocycles. The monoisotopic (exact) mass is 315 g/mol. The lowest BCUT2D eigenvalue weighted by atomic mass is 10.0. The van der Waals surface area contributed by atoms with Crippen LogP contribution >= 0.6 is 15.9 Å². The van der Waals surface area contributed by atoms with Crippen molar-refractivity contribution in [1.82, 2.24) is 5.32 Å². The van der Waals surface area contributed by atoms with Crippen LogP contribution in [-0.4, -0.2) is 31.9 Å². The third-order valence-electron chi connectivity index (χ3n) is 3.16. The lowest BCUT2D eigenvalue weighted by Gasteiger charge is -2.27. The molecular formula is C13H18BrNO3. The zero-order chi connectivity index (χ0) is 13.1. The first-order valence-corrected chi connectivity index (χ1v) is 6.88. The van der Waals surface area contributed by atoms with Crippen molar-refractivity contribution in [3.63, 3.8) is 0 Å². The third-order valence-corrected chi connectivity index (χ3v) is 4.10. The number of aromatic hydroxyl groups is 1. The summed E-state index contributed by atoms with van der Waals surface area (Å²) in [5, 5.41) is 13.5. The summed E-state index contributed by atoms with van der Waals surface area (Å²) in [6, 6.07) is 1.86. The predicted molar refractivity (Wildman–Crippen MR) is 73.3 cm³/mol. The average Bonchev–Trinajstić information content (AvgIpc) is 2.40. The summed E-state index contributed by atoms with van der Waals surface area (Å²) in [5.41, 5.74) is 1.88. The highest BCUT2D eigenvalue weighted by Gasteiger charge is 2.25. The van der Waals surface area contributed by atoms with Crippen LogP contribution in [0.5, 0.6) is 11.5 Å². The Hall–Kier alpha value is -0.780. The lowest BCUT2D eigenvalue weighted by Crippen LogP contribution is -2.33. The molecule has 0 bridgehead atoms. The minimum atomic E-state index is -0.145. The van der Waals surface area contributed by atoms with Gasteiger partial charge in [-0.05, 0) is 34.0 Å². The van der Waals surface area contributed by atoms with E-state index in [9.17, 15) is 5.11 Å². The topological polar surface area (TPSA) is 50.7 Å². The number of rotatable bonds is 3. The summed E-state index contributed by atoms with van der Waals surface area (Å²) in [5.74, 6) is 0.662. The summed E-state index contributed by atoms with van der Waals surface area (Å²) in [4.78, 5) is 0. The molecule has 1 aromatic rings. The second-order valence-electron chi connectivity index (χ2n) is 4.23. The molecule has 1 fully saturated rings. The normalized spacial score (nSPS) is 19.8. The zero-order valence-corrected chi connectivity index (χ0v) is 12.2. The van der Waals surface area contributed by atoms with Gasteiger partial charge in [0, 0.05) is 23.1 Å². The van der Waals surface area contributed by atoms with E-state index in [1.807, 2.05) is 6.07 Å². The molecule has 0 radical (unpaired) electrons. The Bertz CT molecular complexity index is 402. The van der Waals surface area contributed by atoms with Crippen molar-refractivity contribution in [2.45, 2.75) is 19.4 Å². The molecule has 1 saturated heterocycles. The Morgan fingerprint density at radius 2 is 2.39 bits per heavy atom. The molecule has 2 rings (SSSR count). The summed E-state index contributed by atoms with van der Waals surface area (Å²) in [6.45, 7) is 4.26. The van der Waals surface area contributed by atoms with E-state index < -0.39 is 0 Å². The van der Waals surface area contributed by atoms with Gasteiger partial charge in [-0.3, -0.25) is 0 Å². The van der Waals surface area contributed by atoms with Gasteiger partial charge in [-0.25, -0.2) is 0 Å². The van der Waals surface area contributed by atoms with Crippen LogP contribution in [0.25, 0.3) is 0 Å². The standard InChI is InChI=1S/C13H18BrNO3/c1-3-8-6-9(17-2)13(16)11(12(8)14)10-7-15-4-5-18-10/h6,10,15-16H,3-5,7H2,1-2H3. The Balaban J connectivity index is 2.48. The van der Waals surface area contributed by atoms with Gasteiger partial charge in [0.15, 0.2) is 11.5 Å². The van der Waals surface area contributed by atoms with Crippen molar-refractivity contribution in [2.24, 2.45) is 0 Å². The van der Waals surface area contributed by atoms with E-state index in [2.05, 4.69) is 28.2 Å². The quantitative estimate of drug-likeness (QED) is 0.899. The SMILES string of the molecule is CCc1cc(OC)c(O)c(C2CNCCO2)c1Br. The molecular weight excluding hydrogens is 298 g/mol. The average molecular weight is 316 g/mol. The van der Waals surface area contributed by atoms with Gasteiger partial charge in [0.05, 0.1) is 19.8 Å². The molecule has 1 heterocycles. The number of ether oxygens (including phenoxy) is 2. The summed E-state index contributed by atoms with van der Waals surface area (Å²) in [6.07, 6.45) is 0.721. The van der Waals surface area contributed by atoms with Crippen molar-refractivity contribution in [1.29, 1.82) is 0 Å². The number of aryl methyl sites for hydroxylation is 1. The van der Waals surface area contributed by atoms with Gasteiger partial charge in [-0.2, -0.15) is 0 Å². The molecule has 1 aliphatic rings. The molecule has 0 amide bonds. The van der Waals surface area contributed by atoms with Crippen molar-refractivity contribution in [2.75, 3.05) is 26.8 Å². The first-order valence-electron chi connectivity index (χ1n) is 6.09. The number of morpholine rings is 1. The molecule has 18 heavy (non-hydrogen) atoms. The number of benzene rings is 1. The fourth-order valence-electron chi connectivity index (χ4n) is 2.16. The van der Waals surface area contributed by atoms with Crippen LogP contribution in [0.15, 0.2) is 10.5 Å². The van der Waals surface area contributed by atoms with Crippen LogP contribution in [0.2, 0.25) is 0 Å². The third kappa shape index (κ3) is 2.48. The van der Waals surface area contributed by atoms with Crippen molar-refractivity contribution >= 4 is 15.9 Å². The highest BCUT2D eigenvalue weighted by molar-refractivity contribution is 9.10. The van der Waals surface area contributed by atoms with Crippen LogP contribution in [-0.2, 0) is 11.2 Å². The van der Waals surface area contributed by atoms with Crippen molar-refractivity contribution in [3.05, 3.63) is 21.7 Å². The van der Waals surface area contributed by atoms with Crippen LogP contribution in [0.4, 0.5) is 0 Å². The van der Waals surface area contributed by atoms with E-state index in [4.69, 9.17) is 9.47 Å². The van der Waals surface area contributed by atoms with E-state index in [-0.39, 0.29) is 11.9 Å². The number of nitrogens with one attached hydrogen (secondary N) is 1. The van der Waals surface area contributed by atoms with Gasteiger partial charge in [0.1, 0.15) is 0 Å². The minimum Gasteiger partial charge on any atom is -0.504 e. The highest BCUT2D eigenvalue weighted by atomic mass is 79.9. The minimum absolute atomic E-state index is 0.145. The van der Waals surface area contributed by atoms with Gasteiger partial charge in [0.25, 0.3) is 0 Å². The number of halogens is 1.